The standard InChI is InChI=1S/C12H16N2O5/c1-3-19-10(16)5-4-9(15)8-14-7-6-13(2)11(17)12(14)18/h6-7H,3-5,8H2,1-2H3. The summed E-state index contributed by atoms with van der Waals surface area (Å²) in [6.45, 7) is 1.73. The molecule has 0 saturated carbocycles. The number of aromatic nitrogens is 2. The van der Waals surface area contributed by atoms with E-state index >= 15 is 0 Å². The first-order chi connectivity index (χ1) is 8.95. The van der Waals surface area contributed by atoms with Crippen molar-refractivity contribution in [1.29, 1.82) is 0 Å². The summed E-state index contributed by atoms with van der Waals surface area (Å²) in [6, 6.07) is 0. The highest BCUT2D eigenvalue weighted by Crippen LogP contribution is 1.96. The molecule has 7 heteroatoms. The molecule has 1 aromatic heterocycles. The molecular weight excluding hydrogens is 252 g/mol. The van der Waals surface area contributed by atoms with E-state index in [2.05, 4.69) is 4.74 Å². The molecule has 1 heterocycles. The second-order valence-corrected chi connectivity index (χ2v) is 3.99. The topological polar surface area (TPSA) is 87.4 Å². The van der Waals surface area contributed by atoms with Gasteiger partial charge in [0.05, 0.1) is 19.6 Å². The Bertz CT molecular complexity index is 585. The molecule has 0 fully saturated rings. The summed E-state index contributed by atoms with van der Waals surface area (Å²) in [5.74, 6) is -0.754. The summed E-state index contributed by atoms with van der Waals surface area (Å²) in [5, 5.41) is 0. The van der Waals surface area contributed by atoms with Crippen molar-refractivity contribution < 1.29 is 14.3 Å². The van der Waals surface area contributed by atoms with Gasteiger partial charge in [0.2, 0.25) is 0 Å². The lowest BCUT2D eigenvalue weighted by molar-refractivity contribution is -0.144. The van der Waals surface area contributed by atoms with Crippen molar-refractivity contribution in [3.05, 3.63) is 33.1 Å². The molecule has 104 valence electrons. The van der Waals surface area contributed by atoms with Gasteiger partial charge >= 0.3 is 17.1 Å². The Kier molecular flexibility index (Phi) is 5.23. The number of rotatable bonds is 6. The van der Waals surface area contributed by atoms with Crippen molar-refractivity contribution in [3.63, 3.8) is 0 Å². The summed E-state index contributed by atoms with van der Waals surface area (Å²) in [7, 11) is 1.46. The van der Waals surface area contributed by atoms with Gasteiger partial charge in [0.25, 0.3) is 0 Å². The number of nitrogens with zero attached hydrogens (tertiary/aromatic N) is 2. The molecule has 0 aliphatic carbocycles. The maximum atomic E-state index is 11.6. The number of carbonyl (C=O) groups is 2. The van der Waals surface area contributed by atoms with Crippen LogP contribution in [0.5, 0.6) is 0 Å². The summed E-state index contributed by atoms with van der Waals surface area (Å²) in [6.07, 6.45) is 2.74. The first-order valence-corrected chi connectivity index (χ1v) is 5.89. The average molecular weight is 268 g/mol. The molecule has 7 nitrogen and oxygen atoms in total. The van der Waals surface area contributed by atoms with Gasteiger partial charge in [0.15, 0.2) is 5.78 Å². The lowest BCUT2D eigenvalue weighted by atomic mass is 10.2. The fourth-order valence-corrected chi connectivity index (χ4v) is 1.46. The Hall–Kier alpha value is -2.18. The molecule has 0 aliphatic rings. The summed E-state index contributed by atoms with van der Waals surface area (Å²) < 4.78 is 6.87. The molecule has 0 unspecified atom stereocenters. The number of ketones is 1. The molecule has 19 heavy (non-hydrogen) atoms. The predicted octanol–water partition coefficient (Wildman–Crippen LogP) is -0.541. The molecule has 1 aromatic rings. The lowest BCUT2D eigenvalue weighted by Crippen LogP contribution is -2.40. The first-order valence-electron chi connectivity index (χ1n) is 5.89. The maximum absolute atomic E-state index is 11.6. The number of hydrogen-bond donors (Lipinski definition) is 0. The van der Waals surface area contributed by atoms with Crippen LogP contribution >= 0.6 is 0 Å². The molecule has 0 aliphatic heterocycles. The maximum Gasteiger partial charge on any atom is 0.316 e. The summed E-state index contributed by atoms with van der Waals surface area (Å²) in [4.78, 5) is 45.6. The number of ether oxygens (including phenoxy) is 1. The third-order valence-electron chi connectivity index (χ3n) is 2.49. The van der Waals surface area contributed by atoms with Crippen molar-refractivity contribution in [3.8, 4) is 0 Å². The Morgan fingerprint density at radius 3 is 2.47 bits per heavy atom. The molecule has 0 aromatic carbocycles. The SMILES string of the molecule is CCOC(=O)CCC(=O)Cn1ccn(C)c(=O)c1=O. The second-order valence-electron chi connectivity index (χ2n) is 3.99. The molecule has 0 saturated heterocycles. The summed E-state index contributed by atoms with van der Waals surface area (Å²) >= 11 is 0. The van der Waals surface area contributed by atoms with E-state index in [-0.39, 0.29) is 31.8 Å². The first kappa shape index (κ1) is 14.9. The molecule has 0 N–H and O–H groups in total. The van der Waals surface area contributed by atoms with Crippen LogP contribution in [-0.2, 0) is 27.9 Å². The van der Waals surface area contributed by atoms with Crippen LogP contribution < -0.4 is 11.1 Å². The van der Waals surface area contributed by atoms with Crippen LogP contribution in [0.2, 0.25) is 0 Å². The zero-order valence-electron chi connectivity index (χ0n) is 10.9. The van der Waals surface area contributed by atoms with Gasteiger partial charge in [-0.3, -0.25) is 19.2 Å². The molecule has 0 atom stereocenters. The van der Waals surface area contributed by atoms with E-state index in [1.807, 2.05) is 0 Å². The molecule has 0 bridgehead atoms. The number of carbonyl (C=O) groups excluding carboxylic acids is 2. The van der Waals surface area contributed by atoms with Crippen LogP contribution in [0.25, 0.3) is 0 Å². The minimum absolute atomic E-state index is 0.0134. The fourth-order valence-electron chi connectivity index (χ4n) is 1.46. The molecule has 0 radical (unpaired) electrons. The van der Waals surface area contributed by atoms with Crippen LogP contribution in [0.15, 0.2) is 22.0 Å². The van der Waals surface area contributed by atoms with E-state index in [9.17, 15) is 19.2 Å². The van der Waals surface area contributed by atoms with Gasteiger partial charge in [0, 0.05) is 25.9 Å². The van der Waals surface area contributed by atoms with E-state index in [0.29, 0.717) is 0 Å². The fraction of sp³-hybridized carbons (Fsp3) is 0.500. The highest BCUT2D eigenvalue weighted by atomic mass is 16.5. The Morgan fingerprint density at radius 1 is 1.16 bits per heavy atom. The normalized spacial score (nSPS) is 10.2. The minimum atomic E-state index is -0.755. The van der Waals surface area contributed by atoms with Gasteiger partial charge in [-0.25, -0.2) is 0 Å². The Labute approximate surface area is 109 Å². The zero-order chi connectivity index (χ0) is 14.4. The van der Waals surface area contributed by atoms with E-state index in [1.165, 1.54) is 19.4 Å². The Morgan fingerprint density at radius 2 is 1.84 bits per heavy atom. The van der Waals surface area contributed by atoms with Gasteiger partial charge < -0.3 is 13.9 Å². The van der Waals surface area contributed by atoms with Crippen LogP contribution in [0, 0.1) is 0 Å². The van der Waals surface area contributed by atoms with E-state index in [0.717, 1.165) is 9.13 Å². The average Bonchev–Trinajstić information content (AvgIpc) is 2.37. The van der Waals surface area contributed by atoms with Crippen molar-refractivity contribution in [2.75, 3.05) is 6.61 Å². The van der Waals surface area contributed by atoms with Crippen molar-refractivity contribution in [2.45, 2.75) is 26.3 Å². The molecular formula is C12H16N2O5. The van der Waals surface area contributed by atoms with Crippen LogP contribution in [0.4, 0.5) is 0 Å². The zero-order valence-corrected chi connectivity index (χ0v) is 10.9. The van der Waals surface area contributed by atoms with E-state index in [1.54, 1.807) is 6.92 Å². The highest BCUT2D eigenvalue weighted by molar-refractivity contribution is 5.82. The van der Waals surface area contributed by atoms with Crippen LogP contribution in [-0.4, -0.2) is 27.5 Å². The van der Waals surface area contributed by atoms with Crippen molar-refractivity contribution >= 4 is 11.8 Å². The molecule has 0 amide bonds. The van der Waals surface area contributed by atoms with Gasteiger partial charge in [-0.2, -0.15) is 0 Å². The van der Waals surface area contributed by atoms with E-state index in [4.69, 9.17) is 0 Å². The quantitative estimate of drug-likeness (QED) is 0.511. The number of esters is 1. The second kappa shape index (κ2) is 6.67. The van der Waals surface area contributed by atoms with Gasteiger partial charge in [-0.15, -0.1) is 0 Å². The Balaban J connectivity index is 2.63. The van der Waals surface area contributed by atoms with Crippen molar-refractivity contribution in [1.82, 2.24) is 9.13 Å². The monoisotopic (exact) mass is 268 g/mol. The van der Waals surface area contributed by atoms with Crippen LogP contribution in [0.3, 0.4) is 0 Å². The summed E-state index contributed by atoms with van der Waals surface area (Å²) in [5.41, 5.74) is -1.45. The third-order valence-corrected chi connectivity index (χ3v) is 2.49. The van der Waals surface area contributed by atoms with Crippen LogP contribution in [0.1, 0.15) is 19.8 Å². The highest BCUT2D eigenvalue weighted by Gasteiger charge is 2.10. The molecule has 1 rings (SSSR count). The number of Topliss-reactive ketones (excluding diaryl/α,β-unsaturated/α-hetero) is 1. The van der Waals surface area contributed by atoms with Gasteiger partial charge in [-0.1, -0.05) is 0 Å². The predicted molar refractivity (Wildman–Crippen MR) is 66.8 cm³/mol. The minimum Gasteiger partial charge on any atom is -0.466 e. The lowest BCUT2D eigenvalue weighted by Gasteiger charge is -2.05. The van der Waals surface area contributed by atoms with Gasteiger partial charge in [0.1, 0.15) is 0 Å². The smallest absolute Gasteiger partial charge is 0.316 e. The number of hydrogen-bond acceptors (Lipinski definition) is 5. The van der Waals surface area contributed by atoms with Crippen molar-refractivity contribution in [2.24, 2.45) is 7.05 Å². The van der Waals surface area contributed by atoms with Gasteiger partial charge in [-0.05, 0) is 6.92 Å². The van der Waals surface area contributed by atoms with E-state index < -0.39 is 17.1 Å². The number of aryl methyl sites for hydroxylation is 1. The third kappa shape index (κ3) is 4.20. The largest absolute Gasteiger partial charge is 0.466 e. The molecule has 0 spiro atoms.